The van der Waals surface area contributed by atoms with Gasteiger partial charge in [0.05, 0.1) is 25.4 Å². The molecule has 0 atom stereocenters. The van der Waals surface area contributed by atoms with E-state index in [0.717, 1.165) is 5.39 Å². The summed E-state index contributed by atoms with van der Waals surface area (Å²) in [5.41, 5.74) is 0.988. The molecule has 0 aliphatic carbocycles. The van der Waals surface area contributed by atoms with E-state index in [4.69, 9.17) is 9.47 Å². The SMILES string of the molecule is COc1ccc(S(=O)(=O)Nc2cccc3cccnc23)c(OC)c1. The predicted octanol–water partition coefficient (Wildman–Crippen LogP) is 3.05. The second-order valence-corrected chi connectivity index (χ2v) is 6.65. The fourth-order valence-electron chi connectivity index (χ4n) is 2.38. The van der Waals surface area contributed by atoms with Gasteiger partial charge in [0.1, 0.15) is 16.4 Å². The Kier molecular flexibility index (Phi) is 4.26. The molecule has 6 nitrogen and oxygen atoms in total. The van der Waals surface area contributed by atoms with Crippen LogP contribution in [0.5, 0.6) is 11.5 Å². The zero-order chi connectivity index (χ0) is 17.2. The van der Waals surface area contributed by atoms with E-state index in [-0.39, 0.29) is 10.6 Å². The van der Waals surface area contributed by atoms with E-state index in [1.54, 1.807) is 30.5 Å². The van der Waals surface area contributed by atoms with Gasteiger partial charge in [-0.05, 0) is 24.3 Å². The molecule has 0 radical (unpaired) electrons. The molecule has 0 amide bonds. The largest absolute Gasteiger partial charge is 0.497 e. The number of methoxy groups -OCH3 is 2. The van der Waals surface area contributed by atoms with Crippen LogP contribution in [0.1, 0.15) is 0 Å². The van der Waals surface area contributed by atoms with Crippen LogP contribution >= 0.6 is 0 Å². The lowest BCUT2D eigenvalue weighted by molar-refractivity contribution is 0.386. The van der Waals surface area contributed by atoms with Gasteiger partial charge in [0.15, 0.2) is 0 Å². The van der Waals surface area contributed by atoms with Gasteiger partial charge >= 0.3 is 0 Å². The highest BCUT2D eigenvalue weighted by Crippen LogP contribution is 2.31. The van der Waals surface area contributed by atoms with Gasteiger partial charge in [0, 0.05) is 17.6 Å². The van der Waals surface area contributed by atoms with Crippen molar-refractivity contribution in [3.05, 3.63) is 54.7 Å². The Morgan fingerprint density at radius 3 is 2.54 bits per heavy atom. The maximum absolute atomic E-state index is 12.8. The average Bonchev–Trinajstić information content (AvgIpc) is 2.61. The number of ether oxygens (including phenoxy) is 2. The van der Waals surface area contributed by atoms with Gasteiger partial charge in [-0.15, -0.1) is 0 Å². The van der Waals surface area contributed by atoms with Crippen molar-refractivity contribution in [2.45, 2.75) is 4.90 Å². The number of hydrogen-bond donors (Lipinski definition) is 1. The summed E-state index contributed by atoms with van der Waals surface area (Å²) < 4.78 is 38.4. The Labute approximate surface area is 140 Å². The zero-order valence-electron chi connectivity index (χ0n) is 13.2. The van der Waals surface area contributed by atoms with Gasteiger partial charge in [-0.3, -0.25) is 9.71 Å². The lowest BCUT2D eigenvalue weighted by Crippen LogP contribution is -2.14. The molecule has 0 aliphatic rings. The Balaban J connectivity index is 2.05. The van der Waals surface area contributed by atoms with Crippen molar-refractivity contribution in [3.8, 4) is 11.5 Å². The highest BCUT2D eigenvalue weighted by Gasteiger charge is 2.21. The molecule has 0 unspecified atom stereocenters. The predicted molar refractivity (Wildman–Crippen MR) is 92.1 cm³/mol. The van der Waals surface area contributed by atoms with E-state index < -0.39 is 10.0 Å². The second-order valence-electron chi connectivity index (χ2n) is 5.00. The molecular formula is C17H16N2O4S. The molecule has 3 rings (SSSR count). The van der Waals surface area contributed by atoms with E-state index in [0.29, 0.717) is 17.0 Å². The number of fused-ring (bicyclic) bond motifs is 1. The highest BCUT2D eigenvalue weighted by molar-refractivity contribution is 7.92. The molecule has 0 bridgehead atoms. The topological polar surface area (TPSA) is 77.5 Å². The Morgan fingerprint density at radius 2 is 1.79 bits per heavy atom. The molecule has 7 heteroatoms. The first-order valence-electron chi connectivity index (χ1n) is 7.14. The minimum atomic E-state index is -3.84. The summed E-state index contributed by atoms with van der Waals surface area (Å²) in [6, 6.07) is 13.5. The second kappa shape index (κ2) is 6.37. The molecule has 0 aliphatic heterocycles. The van der Waals surface area contributed by atoms with Crippen LogP contribution < -0.4 is 14.2 Å². The third-order valence-electron chi connectivity index (χ3n) is 3.54. The molecule has 24 heavy (non-hydrogen) atoms. The van der Waals surface area contributed by atoms with E-state index >= 15 is 0 Å². The number of benzene rings is 2. The fourth-order valence-corrected chi connectivity index (χ4v) is 3.60. The lowest BCUT2D eigenvalue weighted by atomic mass is 10.2. The minimum Gasteiger partial charge on any atom is -0.497 e. The van der Waals surface area contributed by atoms with Gasteiger partial charge in [0.2, 0.25) is 0 Å². The normalized spacial score (nSPS) is 11.2. The highest BCUT2D eigenvalue weighted by atomic mass is 32.2. The van der Waals surface area contributed by atoms with Gasteiger partial charge < -0.3 is 9.47 Å². The van der Waals surface area contributed by atoms with Crippen LogP contribution in [-0.4, -0.2) is 27.6 Å². The van der Waals surface area contributed by atoms with E-state index in [9.17, 15) is 8.42 Å². The third-order valence-corrected chi connectivity index (χ3v) is 4.94. The number of rotatable bonds is 5. The molecule has 2 aromatic carbocycles. The number of pyridine rings is 1. The molecule has 1 N–H and O–H groups in total. The summed E-state index contributed by atoms with van der Waals surface area (Å²) in [5, 5.41) is 0.847. The number of anilines is 1. The van der Waals surface area contributed by atoms with Crippen LogP contribution in [0.2, 0.25) is 0 Å². The molecule has 3 aromatic rings. The van der Waals surface area contributed by atoms with Crippen molar-refractivity contribution in [3.63, 3.8) is 0 Å². The number of nitrogens with one attached hydrogen (secondary N) is 1. The molecule has 0 spiro atoms. The standard InChI is InChI=1S/C17H16N2O4S/c1-22-13-8-9-16(15(11-13)23-2)24(20,21)19-14-7-3-5-12-6-4-10-18-17(12)14/h3-11,19H,1-2H3. The third kappa shape index (κ3) is 2.98. The fraction of sp³-hybridized carbons (Fsp3) is 0.118. The summed E-state index contributed by atoms with van der Waals surface area (Å²) in [7, 11) is -0.930. The lowest BCUT2D eigenvalue weighted by Gasteiger charge is -2.13. The molecular weight excluding hydrogens is 328 g/mol. The average molecular weight is 344 g/mol. The zero-order valence-corrected chi connectivity index (χ0v) is 14.0. The van der Waals surface area contributed by atoms with E-state index in [2.05, 4.69) is 9.71 Å². The van der Waals surface area contributed by atoms with Crippen molar-refractivity contribution >= 4 is 26.6 Å². The van der Waals surface area contributed by atoms with Gasteiger partial charge in [-0.1, -0.05) is 18.2 Å². The number of hydrogen-bond acceptors (Lipinski definition) is 5. The van der Waals surface area contributed by atoms with E-state index in [1.807, 2.05) is 12.1 Å². The maximum Gasteiger partial charge on any atom is 0.265 e. The summed E-state index contributed by atoms with van der Waals surface area (Å²) >= 11 is 0. The summed E-state index contributed by atoms with van der Waals surface area (Å²) in [6.07, 6.45) is 1.62. The Hall–Kier alpha value is -2.80. The monoisotopic (exact) mass is 344 g/mol. The number of sulfonamides is 1. The van der Waals surface area contributed by atoms with Crippen LogP contribution in [0.15, 0.2) is 59.6 Å². The minimum absolute atomic E-state index is 0.0266. The first-order valence-corrected chi connectivity index (χ1v) is 8.62. The molecule has 1 heterocycles. The van der Waals surface area contributed by atoms with Gasteiger partial charge in [-0.25, -0.2) is 8.42 Å². The van der Waals surface area contributed by atoms with Gasteiger partial charge in [0.25, 0.3) is 10.0 Å². The molecule has 0 saturated carbocycles. The first kappa shape index (κ1) is 16.1. The Bertz CT molecular complexity index is 982. The number of nitrogens with zero attached hydrogens (tertiary/aromatic N) is 1. The first-order chi connectivity index (χ1) is 11.5. The van der Waals surface area contributed by atoms with Crippen molar-refractivity contribution in [1.82, 2.24) is 4.98 Å². The molecule has 0 fully saturated rings. The van der Waals surface area contributed by atoms with Crippen LogP contribution in [-0.2, 0) is 10.0 Å². The van der Waals surface area contributed by atoms with Crippen LogP contribution in [0.25, 0.3) is 10.9 Å². The Morgan fingerprint density at radius 1 is 1.00 bits per heavy atom. The van der Waals surface area contributed by atoms with Crippen LogP contribution in [0, 0.1) is 0 Å². The summed E-state index contributed by atoms with van der Waals surface area (Å²) in [4.78, 5) is 4.28. The van der Waals surface area contributed by atoms with E-state index in [1.165, 1.54) is 26.4 Å². The maximum atomic E-state index is 12.8. The molecule has 124 valence electrons. The summed E-state index contributed by atoms with van der Waals surface area (Å²) in [5.74, 6) is 0.715. The number of aromatic nitrogens is 1. The van der Waals surface area contributed by atoms with Crippen LogP contribution in [0.4, 0.5) is 5.69 Å². The van der Waals surface area contributed by atoms with Crippen molar-refractivity contribution < 1.29 is 17.9 Å². The molecule has 0 saturated heterocycles. The van der Waals surface area contributed by atoms with Crippen LogP contribution in [0.3, 0.4) is 0 Å². The van der Waals surface area contributed by atoms with Gasteiger partial charge in [-0.2, -0.15) is 0 Å². The smallest absolute Gasteiger partial charge is 0.265 e. The van der Waals surface area contributed by atoms with Crippen molar-refractivity contribution in [2.75, 3.05) is 18.9 Å². The summed E-state index contributed by atoms with van der Waals surface area (Å²) in [6.45, 7) is 0. The number of para-hydroxylation sites is 1. The molecule has 1 aromatic heterocycles. The quantitative estimate of drug-likeness (QED) is 0.770. The van der Waals surface area contributed by atoms with Crippen molar-refractivity contribution in [2.24, 2.45) is 0 Å². The van der Waals surface area contributed by atoms with Crippen molar-refractivity contribution in [1.29, 1.82) is 0 Å².